The second-order valence-corrected chi connectivity index (χ2v) is 3.56. The summed E-state index contributed by atoms with van der Waals surface area (Å²) < 4.78 is 27.9. The first-order valence-corrected chi connectivity index (χ1v) is 4.72. The van der Waals surface area contributed by atoms with Crippen LogP contribution in [0.3, 0.4) is 0 Å². The molecule has 0 radical (unpaired) electrons. The summed E-state index contributed by atoms with van der Waals surface area (Å²) >= 11 is 0. The summed E-state index contributed by atoms with van der Waals surface area (Å²) in [6.07, 6.45) is 0. The van der Waals surface area contributed by atoms with E-state index in [9.17, 15) is 13.6 Å². The van der Waals surface area contributed by atoms with E-state index in [2.05, 4.69) is 4.74 Å². The highest BCUT2D eigenvalue weighted by atomic mass is 19.3. The Balaban J connectivity index is 2.67. The van der Waals surface area contributed by atoms with E-state index in [0.717, 1.165) is 0 Å². The number of nitrogens with zero attached hydrogens (tertiary/aromatic N) is 1. The Hall–Kier alpha value is -1.49. The number of carbonyl (C=O) groups excluding carboxylic acids is 1. The van der Waals surface area contributed by atoms with Crippen LogP contribution in [-0.2, 0) is 0 Å². The topological polar surface area (TPSA) is 29.5 Å². The maximum atomic E-state index is 11.9. The van der Waals surface area contributed by atoms with Crippen LogP contribution in [0.5, 0.6) is 5.75 Å². The van der Waals surface area contributed by atoms with E-state index >= 15 is 0 Å². The third kappa shape index (κ3) is 3.94. The van der Waals surface area contributed by atoms with E-state index in [0.29, 0.717) is 5.56 Å². The fraction of sp³-hybridized carbons (Fsp3) is 0.364. The van der Waals surface area contributed by atoms with Gasteiger partial charge >= 0.3 is 6.61 Å². The van der Waals surface area contributed by atoms with Gasteiger partial charge in [0.05, 0.1) is 6.54 Å². The van der Waals surface area contributed by atoms with Gasteiger partial charge in [-0.25, -0.2) is 0 Å². The van der Waals surface area contributed by atoms with Crippen LogP contribution >= 0.6 is 0 Å². The summed E-state index contributed by atoms with van der Waals surface area (Å²) in [6, 6.07) is 5.66. The molecule has 16 heavy (non-hydrogen) atoms. The standard InChI is InChI=1S/C11H13F2NO2/c1-14(2)7-10(15)8-3-5-9(6-4-8)16-11(12)13/h3-6,11H,7H2,1-2H3. The van der Waals surface area contributed by atoms with Gasteiger partial charge in [-0.15, -0.1) is 0 Å². The smallest absolute Gasteiger partial charge is 0.387 e. The van der Waals surface area contributed by atoms with Gasteiger partial charge in [0, 0.05) is 5.56 Å². The Morgan fingerprint density at radius 3 is 2.31 bits per heavy atom. The van der Waals surface area contributed by atoms with Crippen molar-refractivity contribution in [2.24, 2.45) is 0 Å². The minimum absolute atomic E-state index is 0.0522. The largest absolute Gasteiger partial charge is 0.435 e. The van der Waals surface area contributed by atoms with E-state index < -0.39 is 6.61 Å². The Labute approximate surface area is 92.6 Å². The van der Waals surface area contributed by atoms with Crippen molar-refractivity contribution in [3.63, 3.8) is 0 Å². The van der Waals surface area contributed by atoms with Crippen molar-refractivity contribution in [1.29, 1.82) is 0 Å². The van der Waals surface area contributed by atoms with Gasteiger partial charge in [0.25, 0.3) is 0 Å². The number of hydrogen-bond donors (Lipinski definition) is 0. The molecule has 5 heteroatoms. The molecule has 0 aliphatic carbocycles. The highest BCUT2D eigenvalue weighted by Crippen LogP contribution is 2.15. The predicted octanol–water partition coefficient (Wildman–Crippen LogP) is 2.03. The van der Waals surface area contributed by atoms with Gasteiger partial charge in [-0.2, -0.15) is 8.78 Å². The molecule has 0 bridgehead atoms. The molecule has 1 aromatic rings. The zero-order chi connectivity index (χ0) is 12.1. The number of carbonyl (C=O) groups is 1. The minimum Gasteiger partial charge on any atom is -0.435 e. The first-order chi connectivity index (χ1) is 7.49. The Kier molecular flexibility index (Phi) is 4.37. The van der Waals surface area contributed by atoms with Crippen molar-refractivity contribution in [1.82, 2.24) is 4.90 Å². The first kappa shape index (κ1) is 12.6. The van der Waals surface area contributed by atoms with E-state index in [1.807, 2.05) is 0 Å². The van der Waals surface area contributed by atoms with E-state index in [-0.39, 0.29) is 18.1 Å². The highest BCUT2D eigenvalue weighted by Gasteiger charge is 2.08. The Bertz CT molecular complexity index is 350. The van der Waals surface area contributed by atoms with Crippen molar-refractivity contribution >= 4 is 5.78 Å². The Morgan fingerprint density at radius 1 is 1.31 bits per heavy atom. The number of ketones is 1. The average molecular weight is 229 g/mol. The lowest BCUT2D eigenvalue weighted by Crippen LogP contribution is -2.21. The molecular weight excluding hydrogens is 216 g/mol. The van der Waals surface area contributed by atoms with Crippen LogP contribution in [0, 0.1) is 0 Å². The van der Waals surface area contributed by atoms with Crippen molar-refractivity contribution in [3.8, 4) is 5.75 Å². The van der Waals surface area contributed by atoms with Crippen LogP contribution < -0.4 is 4.74 Å². The second kappa shape index (κ2) is 5.55. The highest BCUT2D eigenvalue weighted by molar-refractivity contribution is 5.97. The van der Waals surface area contributed by atoms with Crippen LogP contribution in [0.15, 0.2) is 24.3 Å². The maximum absolute atomic E-state index is 11.9. The normalized spacial score (nSPS) is 10.9. The second-order valence-electron chi connectivity index (χ2n) is 3.56. The summed E-state index contributed by atoms with van der Waals surface area (Å²) in [4.78, 5) is 13.3. The number of ether oxygens (including phenoxy) is 1. The fourth-order valence-corrected chi connectivity index (χ4v) is 1.20. The van der Waals surface area contributed by atoms with Gasteiger partial charge in [0.15, 0.2) is 5.78 Å². The summed E-state index contributed by atoms with van der Waals surface area (Å²) in [5, 5.41) is 0. The SMILES string of the molecule is CN(C)CC(=O)c1ccc(OC(F)F)cc1. The van der Waals surface area contributed by atoms with Crippen LogP contribution in [-0.4, -0.2) is 37.9 Å². The number of alkyl halides is 2. The molecule has 0 fully saturated rings. The van der Waals surface area contributed by atoms with Gasteiger partial charge in [0.2, 0.25) is 0 Å². The maximum Gasteiger partial charge on any atom is 0.387 e. The van der Waals surface area contributed by atoms with E-state index in [1.165, 1.54) is 24.3 Å². The average Bonchev–Trinajstić information content (AvgIpc) is 2.16. The molecule has 0 saturated carbocycles. The fourth-order valence-electron chi connectivity index (χ4n) is 1.20. The molecule has 88 valence electrons. The molecule has 0 aromatic heterocycles. The Morgan fingerprint density at radius 2 is 1.88 bits per heavy atom. The summed E-state index contributed by atoms with van der Waals surface area (Å²) in [5.41, 5.74) is 0.482. The van der Waals surface area contributed by atoms with E-state index in [1.54, 1.807) is 19.0 Å². The van der Waals surface area contributed by atoms with Gasteiger partial charge in [-0.1, -0.05) is 0 Å². The zero-order valence-corrected chi connectivity index (χ0v) is 9.11. The number of likely N-dealkylation sites (N-methyl/N-ethyl adjacent to an activating group) is 1. The van der Waals surface area contributed by atoms with E-state index in [4.69, 9.17) is 0 Å². The van der Waals surface area contributed by atoms with Crippen molar-refractivity contribution in [2.45, 2.75) is 6.61 Å². The molecule has 3 nitrogen and oxygen atoms in total. The lowest BCUT2D eigenvalue weighted by atomic mass is 10.1. The van der Waals surface area contributed by atoms with Crippen molar-refractivity contribution in [2.75, 3.05) is 20.6 Å². The molecule has 0 spiro atoms. The molecular formula is C11H13F2NO2. The van der Waals surface area contributed by atoms with Gasteiger partial charge in [-0.3, -0.25) is 4.79 Å². The molecule has 0 saturated heterocycles. The lowest BCUT2D eigenvalue weighted by molar-refractivity contribution is -0.0498. The van der Waals surface area contributed by atoms with Crippen LogP contribution in [0.4, 0.5) is 8.78 Å². The van der Waals surface area contributed by atoms with Crippen molar-refractivity contribution in [3.05, 3.63) is 29.8 Å². The summed E-state index contributed by atoms with van der Waals surface area (Å²) in [6.45, 7) is -2.56. The number of hydrogen-bond acceptors (Lipinski definition) is 3. The zero-order valence-electron chi connectivity index (χ0n) is 9.11. The van der Waals surface area contributed by atoms with Crippen molar-refractivity contribution < 1.29 is 18.3 Å². The van der Waals surface area contributed by atoms with Gasteiger partial charge < -0.3 is 9.64 Å². The molecule has 0 aliphatic rings. The molecule has 0 amide bonds. The molecule has 0 aliphatic heterocycles. The van der Waals surface area contributed by atoms with Crippen LogP contribution in [0.25, 0.3) is 0 Å². The number of Topliss-reactive ketones (excluding diaryl/α,β-unsaturated/α-hetero) is 1. The number of rotatable bonds is 5. The molecule has 0 atom stereocenters. The molecule has 0 heterocycles. The quantitative estimate of drug-likeness (QED) is 0.723. The lowest BCUT2D eigenvalue weighted by Gasteiger charge is -2.09. The van der Waals surface area contributed by atoms with Gasteiger partial charge in [-0.05, 0) is 38.4 Å². The molecule has 0 N–H and O–H groups in total. The van der Waals surface area contributed by atoms with Crippen LogP contribution in [0.2, 0.25) is 0 Å². The molecule has 1 rings (SSSR count). The monoisotopic (exact) mass is 229 g/mol. The summed E-state index contributed by atoms with van der Waals surface area (Å²) in [7, 11) is 3.57. The minimum atomic E-state index is -2.84. The predicted molar refractivity (Wildman–Crippen MR) is 56.0 cm³/mol. The van der Waals surface area contributed by atoms with Gasteiger partial charge in [0.1, 0.15) is 5.75 Å². The molecule has 1 aromatic carbocycles. The van der Waals surface area contributed by atoms with Crippen LogP contribution in [0.1, 0.15) is 10.4 Å². The third-order valence-electron chi connectivity index (χ3n) is 1.86. The summed E-state index contributed by atoms with van der Waals surface area (Å²) in [5.74, 6) is -0.00926. The number of halogens is 2. The first-order valence-electron chi connectivity index (χ1n) is 4.72. The number of benzene rings is 1. The third-order valence-corrected chi connectivity index (χ3v) is 1.86. The molecule has 0 unspecified atom stereocenters.